The zero-order valence-electron chi connectivity index (χ0n) is 11.7. The van der Waals surface area contributed by atoms with E-state index in [0.717, 1.165) is 5.56 Å². The average Bonchev–Trinajstić information content (AvgIpc) is 2.43. The maximum absolute atomic E-state index is 13.4. The van der Waals surface area contributed by atoms with Crippen LogP contribution in [0.25, 0.3) is 0 Å². The fraction of sp³-hybridized carbons (Fsp3) is 0.562. The number of carbonyl (C=O) groups is 1. The van der Waals surface area contributed by atoms with Gasteiger partial charge in [0.15, 0.2) is 0 Å². The molecule has 2 nitrogen and oxygen atoms in total. The van der Waals surface area contributed by atoms with Crippen LogP contribution in [0.2, 0.25) is 0 Å². The van der Waals surface area contributed by atoms with Crippen LogP contribution in [0.3, 0.4) is 0 Å². The molecule has 0 bridgehead atoms. The van der Waals surface area contributed by atoms with Crippen LogP contribution in [-0.4, -0.2) is 18.5 Å². The van der Waals surface area contributed by atoms with E-state index < -0.39 is 11.3 Å². The van der Waals surface area contributed by atoms with Crippen LogP contribution in [0.5, 0.6) is 0 Å². The predicted octanol–water partition coefficient (Wildman–Crippen LogP) is 3.99. The molecule has 2 rings (SSSR count). The minimum absolute atomic E-state index is 0.188. The van der Waals surface area contributed by atoms with E-state index in [-0.39, 0.29) is 38.3 Å². The summed E-state index contributed by atoms with van der Waals surface area (Å²) in [7, 11) is 0. The lowest BCUT2D eigenvalue weighted by Crippen LogP contribution is -2.42. The van der Waals surface area contributed by atoms with Gasteiger partial charge in [0, 0.05) is 12.8 Å². The van der Waals surface area contributed by atoms with Crippen molar-refractivity contribution in [3.63, 3.8) is 0 Å². The first kappa shape index (κ1) is 14.9. The van der Waals surface area contributed by atoms with Crippen molar-refractivity contribution in [2.75, 3.05) is 6.61 Å². The third kappa shape index (κ3) is 3.35. The second kappa shape index (κ2) is 5.90. The first-order chi connectivity index (χ1) is 9.47. The van der Waals surface area contributed by atoms with E-state index in [9.17, 15) is 13.6 Å². The van der Waals surface area contributed by atoms with Crippen molar-refractivity contribution in [3.05, 3.63) is 35.9 Å². The van der Waals surface area contributed by atoms with E-state index in [4.69, 9.17) is 4.74 Å². The van der Waals surface area contributed by atoms with Gasteiger partial charge in [-0.15, -0.1) is 0 Å². The summed E-state index contributed by atoms with van der Waals surface area (Å²) < 4.78 is 31.9. The van der Waals surface area contributed by atoms with E-state index in [1.165, 1.54) is 0 Å². The van der Waals surface area contributed by atoms with Crippen LogP contribution in [0.1, 0.15) is 38.2 Å². The largest absolute Gasteiger partial charge is 0.466 e. The second-order valence-corrected chi connectivity index (χ2v) is 5.52. The molecule has 0 spiro atoms. The second-order valence-electron chi connectivity index (χ2n) is 5.52. The predicted molar refractivity (Wildman–Crippen MR) is 72.6 cm³/mol. The summed E-state index contributed by atoms with van der Waals surface area (Å²) in [6, 6.07) is 9.54. The number of ether oxygens (including phenoxy) is 1. The van der Waals surface area contributed by atoms with Crippen LogP contribution >= 0.6 is 0 Å². The van der Waals surface area contributed by atoms with Crippen LogP contribution in [0.15, 0.2) is 30.3 Å². The van der Waals surface area contributed by atoms with Gasteiger partial charge in [-0.2, -0.15) is 0 Å². The molecule has 0 amide bonds. The highest BCUT2D eigenvalue weighted by Crippen LogP contribution is 2.46. The molecule has 0 heterocycles. The summed E-state index contributed by atoms with van der Waals surface area (Å²) >= 11 is 0. The summed E-state index contributed by atoms with van der Waals surface area (Å²) in [5.74, 6) is -2.98. The zero-order valence-corrected chi connectivity index (χ0v) is 11.7. The number of halogens is 2. The van der Waals surface area contributed by atoms with Crippen molar-refractivity contribution < 1.29 is 18.3 Å². The Kier molecular flexibility index (Phi) is 4.41. The summed E-state index contributed by atoms with van der Waals surface area (Å²) in [6.45, 7) is 2.03. The molecule has 1 aromatic carbocycles. The van der Waals surface area contributed by atoms with E-state index in [0.29, 0.717) is 6.42 Å². The van der Waals surface area contributed by atoms with E-state index >= 15 is 0 Å². The lowest BCUT2D eigenvalue weighted by Gasteiger charge is -2.38. The lowest BCUT2D eigenvalue weighted by atomic mass is 9.69. The number of benzene rings is 1. The van der Waals surface area contributed by atoms with E-state index in [2.05, 4.69) is 0 Å². The lowest BCUT2D eigenvalue weighted by molar-refractivity contribution is -0.163. The summed E-state index contributed by atoms with van der Waals surface area (Å²) in [4.78, 5) is 12.3. The van der Waals surface area contributed by atoms with Crippen molar-refractivity contribution >= 4 is 5.97 Å². The van der Waals surface area contributed by atoms with Crippen molar-refractivity contribution in [2.45, 2.75) is 45.0 Å². The van der Waals surface area contributed by atoms with Gasteiger partial charge in [-0.1, -0.05) is 30.3 Å². The summed E-state index contributed by atoms with van der Waals surface area (Å²) in [5, 5.41) is 0. The van der Waals surface area contributed by atoms with E-state index in [1.54, 1.807) is 6.92 Å². The molecule has 4 heteroatoms. The molecule has 1 aromatic rings. The Morgan fingerprint density at radius 2 is 1.75 bits per heavy atom. The van der Waals surface area contributed by atoms with Crippen LogP contribution < -0.4 is 0 Å². The highest BCUT2D eigenvalue weighted by atomic mass is 19.3. The molecule has 0 unspecified atom stereocenters. The molecule has 0 aliphatic heterocycles. The fourth-order valence-corrected chi connectivity index (χ4v) is 2.82. The van der Waals surface area contributed by atoms with Gasteiger partial charge in [0.1, 0.15) is 0 Å². The summed E-state index contributed by atoms with van der Waals surface area (Å²) in [5.41, 5.74) is 0.199. The Labute approximate surface area is 118 Å². The van der Waals surface area contributed by atoms with E-state index in [1.807, 2.05) is 30.3 Å². The molecule has 0 saturated heterocycles. The van der Waals surface area contributed by atoms with Gasteiger partial charge in [0.05, 0.1) is 12.0 Å². The smallest absolute Gasteiger partial charge is 0.312 e. The van der Waals surface area contributed by atoms with Gasteiger partial charge in [-0.05, 0) is 31.7 Å². The van der Waals surface area contributed by atoms with Crippen molar-refractivity contribution in [3.8, 4) is 0 Å². The normalized spacial score (nSPS) is 20.4. The maximum Gasteiger partial charge on any atom is 0.312 e. The molecule has 0 N–H and O–H groups in total. The highest BCUT2D eigenvalue weighted by molar-refractivity contribution is 5.77. The van der Waals surface area contributed by atoms with Gasteiger partial charge in [-0.3, -0.25) is 4.79 Å². The monoisotopic (exact) mass is 282 g/mol. The quantitative estimate of drug-likeness (QED) is 0.781. The Balaban J connectivity index is 2.19. The number of rotatable bonds is 4. The topological polar surface area (TPSA) is 26.3 Å². The number of carbonyl (C=O) groups excluding carboxylic acids is 1. The molecule has 110 valence electrons. The van der Waals surface area contributed by atoms with Gasteiger partial charge in [0.2, 0.25) is 5.92 Å². The molecule has 0 aromatic heterocycles. The first-order valence-corrected chi connectivity index (χ1v) is 7.06. The van der Waals surface area contributed by atoms with Crippen molar-refractivity contribution in [2.24, 2.45) is 5.41 Å². The van der Waals surface area contributed by atoms with Crippen LogP contribution in [0, 0.1) is 5.41 Å². The van der Waals surface area contributed by atoms with Crippen molar-refractivity contribution in [1.82, 2.24) is 0 Å². The first-order valence-electron chi connectivity index (χ1n) is 7.06. The number of hydrogen-bond donors (Lipinski definition) is 0. The van der Waals surface area contributed by atoms with Gasteiger partial charge >= 0.3 is 5.97 Å². The molecule has 1 aliphatic carbocycles. The number of hydrogen-bond acceptors (Lipinski definition) is 2. The molecule has 1 fully saturated rings. The summed E-state index contributed by atoms with van der Waals surface area (Å²) in [6.07, 6.45) is 0.376. The molecule has 0 atom stereocenters. The Hall–Kier alpha value is -1.45. The third-order valence-corrected chi connectivity index (χ3v) is 4.03. The highest BCUT2D eigenvalue weighted by Gasteiger charge is 2.48. The molecule has 1 saturated carbocycles. The molecular formula is C16H20F2O2. The van der Waals surface area contributed by atoms with Gasteiger partial charge in [-0.25, -0.2) is 8.78 Å². The molecule has 1 aliphatic rings. The van der Waals surface area contributed by atoms with Gasteiger partial charge in [0.25, 0.3) is 0 Å². The number of esters is 1. The fourth-order valence-electron chi connectivity index (χ4n) is 2.82. The molecular weight excluding hydrogens is 262 g/mol. The minimum Gasteiger partial charge on any atom is -0.466 e. The standard InChI is InChI=1S/C16H20F2O2/c1-2-20-14(19)15(8-10-16(17,18)11-9-15)12-13-6-4-3-5-7-13/h3-7H,2,8-12H2,1H3. The Morgan fingerprint density at radius 1 is 1.15 bits per heavy atom. The Bertz CT molecular complexity index is 447. The third-order valence-electron chi connectivity index (χ3n) is 4.03. The van der Waals surface area contributed by atoms with Crippen molar-refractivity contribution in [1.29, 1.82) is 0 Å². The van der Waals surface area contributed by atoms with Crippen LogP contribution in [0.4, 0.5) is 8.78 Å². The zero-order chi connectivity index (χ0) is 14.6. The maximum atomic E-state index is 13.4. The van der Waals surface area contributed by atoms with Gasteiger partial charge < -0.3 is 4.74 Å². The molecule has 0 radical (unpaired) electrons. The Morgan fingerprint density at radius 3 is 2.30 bits per heavy atom. The van der Waals surface area contributed by atoms with Crippen LogP contribution in [-0.2, 0) is 16.0 Å². The number of alkyl halides is 2. The average molecular weight is 282 g/mol. The SMILES string of the molecule is CCOC(=O)C1(Cc2ccccc2)CCC(F)(F)CC1. The minimum atomic E-state index is -2.65. The molecule has 20 heavy (non-hydrogen) atoms.